The molecule has 0 amide bonds. The molecule has 2 heterocycles. The fourth-order valence-corrected chi connectivity index (χ4v) is 7.41. The summed E-state index contributed by atoms with van der Waals surface area (Å²) in [6, 6.07) is 1.20. The molecule has 0 aromatic rings. The number of piperidine rings is 2. The molecule has 8 heteroatoms. The van der Waals surface area contributed by atoms with Crippen LogP contribution in [0.5, 0.6) is 0 Å². The average molecular weight is 596 g/mol. The molecule has 4 fully saturated rings. The third-order valence-electron chi connectivity index (χ3n) is 9.55. The molecule has 0 spiro atoms. The second-order valence-corrected chi connectivity index (χ2v) is 12.5. The minimum absolute atomic E-state index is 0. The van der Waals surface area contributed by atoms with Crippen LogP contribution in [-0.2, 0) is 9.47 Å². The molecule has 39 heavy (non-hydrogen) atoms. The van der Waals surface area contributed by atoms with Crippen LogP contribution in [0.15, 0.2) is 0 Å². The van der Waals surface area contributed by atoms with Crippen molar-refractivity contribution in [2.75, 3.05) is 72.7 Å². The smallest absolute Gasteiger partial charge is 0.0506 e. The van der Waals surface area contributed by atoms with Crippen molar-refractivity contribution >= 4 is 24.8 Å². The van der Waals surface area contributed by atoms with Gasteiger partial charge in [0, 0.05) is 51.5 Å². The van der Waals surface area contributed by atoms with Crippen LogP contribution in [0.4, 0.5) is 0 Å². The fourth-order valence-electron chi connectivity index (χ4n) is 7.41. The second kappa shape index (κ2) is 22.0. The first-order valence-electron chi connectivity index (χ1n) is 16.2. The van der Waals surface area contributed by atoms with Crippen molar-refractivity contribution in [1.29, 1.82) is 0 Å². The first-order valence-corrected chi connectivity index (χ1v) is 16.2. The van der Waals surface area contributed by atoms with Crippen molar-refractivity contribution in [2.24, 2.45) is 29.4 Å². The largest absolute Gasteiger partial charge is 0.381 e. The minimum Gasteiger partial charge on any atom is -0.381 e. The summed E-state index contributed by atoms with van der Waals surface area (Å²) in [5.41, 5.74) is 6.26. The first-order chi connectivity index (χ1) is 18.1. The quantitative estimate of drug-likeness (QED) is 0.324. The van der Waals surface area contributed by atoms with E-state index in [2.05, 4.69) is 36.0 Å². The number of nitrogens with two attached hydrogens (primary N) is 1. The van der Waals surface area contributed by atoms with E-state index >= 15 is 0 Å². The highest BCUT2D eigenvalue weighted by Crippen LogP contribution is 2.28. The van der Waals surface area contributed by atoms with Gasteiger partial charge in [-0.1, -0.05) is 25.7 Å². The zero-order chi connectivity index (χ0) is 26.3. The fraction of sp³-hybridized carbons (Fsp3) is 1.00. The molecule has 0 bridgehead atoms. The van der Waals surface area contributed by atoms with Crippen molar-refractivity contribution in [3.63, 3.8) is 0 Å². The van der Waals surface area contributed by atoms with Gasteiger partial charge in [0.2, 0.25) is 0 Å². The third-order valence-corrected chi connectivity index (χ3v) is 9.55. The van der Waals surface area contributed by atoms with Gasteiger partial charge in [0.15, 0.2) is 0 Å². The zero-order valence-corrected chi connectivity index (χ0v) is 27.3. The van der Waals surface area contributed by atoms with Crippen LogP contribution in [-0.4, -0.2) is 94.6 Å². The summed E-state index contributed by atoms with van der Waals surface area (Å²) in [6.07, 6.45) is 16.3. The Hall–Kier alpha value is 0.340. The maximum atomic E-state index is 6.26. The van der Waals surface area contributed by atoms with Gasteiger partial charge in [-0.05, 0) is 109 Å². The number of hydrogen-bond acceptors (Lipinski definition) is 6. The van der Waals surface area contributed by atoms with E-state index in [0.717, 1.165) is 56.1 Å². The van der Waals surface area contributed by atoms with Crippen LogP contribution >= 0.6 is 24.8 Å². The summed E-state index contributed by atoms with van der Waals surface area (Å²) >= 11 is 0. The number of nitrogens with one attached hydrogen (secondary N) is 1. The Labute approximate surface area is 254 Å². The molecule has 0 aromatic heterocycles. The summed E-state index contributed by atoms with van der Waals surface area (Å²) < 4.78 is 11.2. The Balaban J connectivity index is 0.000000371. The summed E-state index contributed by atoms with van der Waals surface area (Å²) in [4.78, 5) is 5.34. The SMILES string of the molecule is CCOC[C@@H]1CCCN(C[C@H]2CCCC[C@@H]2N)C1.CCOC[C@@H]1CCCN(C[C@H]2CCCC[C@@H]2NC)C1.Cl.Cl. The topological polar surface area (TPSA) is 63.0 Å². The maximum absolute atomic E-state index is 6.26. The molecule has 6 nitrogen and oxygen atoms in total. The van der Waals surface area contributed by atoms with Gasteiger partial charge in [0.1, 0.15) is 0 Å². The van der Waals surface area contributed by atoms with Gasteiger partial charge in [-0.25, -0.2) is 0 Å². The van der Waals surface area contributed by atoms with Crippen molar-refractivity contribution in [1.82, 2.24) is 15.1 Å². The van der Waals surface area contributed by atoms with Crippen molar-refractivity contribution < 1.29 is 9.47 Å². The van der Waals surface area contributed by atoms with E-state index in [0.29, 0.717) is 6.04 Å². The monoisotopic (exact) mass is 594 g/mol. The molecule has 4 aliphatic rings. The number of likely N-dealkylation sites (tertiary alicyclic amines) is 2. The molecule has 3 N–H and O–H groups in total. The molecule has 4 rings (SSSR count). The lowest BCUT2D eigenvalue weighted by Gasteiger charge is -2.39. The lowest BCUT2D eigenvalue weighted by molar-refractivity contribution is 0.0560. The number of rotatable bonds is 11. The highest BCUT2D eigenvalue weighted by molar-refractivity contribution is 5.85. The number of ether oxygens (including phenoxy) is 2. The molecule has 2 aliphatic heterocycles. The summed E-state index contributed by atoms with van der Waals surface area (Å²) in [5.74, 6) is 3.12. The van der Waals surface area contributed by atoms with E-state index in [1.54, 1.807) is 0 Å². The van der Waals surface area contributed by atoms with E-state index in [9.17, 15) is 0 Å². The van der Waals surface area contributed by atoms with E-state index in [1.807, 2.05) is 0 Å². The van der Waals surface area contributed by atoms with Crippen LogP contribution in [0, 0.1) is 23.7 Å². The van der Waals surface area contributed by atoms with Crippen LogP contribution in [0.1, 0.15) is 90.9 Å². The Bertz CT molecular complexity index is 591. The summed E-state index contributed by atoms with van der Waals surface area (Å²) in [6.45, 7) is 15.4. The van der Waals surface area contributed by atoms with Crippen LogP contribution in [0.2, 0.25) is 0 Å². The van der Waals surface area contributed by atoms with Gasteiger partial charge in [0.05, 0.1) is 13.2 Å². The molecule has 0 aromatic carbocycles. The van der Waals surface area contributed by atoms with Gasteiger partial charge in [-0.3, -0.25) is 0 Å². The van der Waals surface area contributed by atoms with Gasteiger partial charge in [-0.2, -0.15) is 0 Å². The average Bonchev–Trinajstić information content (AvgIpc) is 2.93. The molecule has 2 aliphatic carbocycles. The van der Waals surface area contributed by atoms with Gasteiger partial charge in [-0.15, -0.1) is 24.8 Å². The second-order valence-electron chi connectivity index (χ2n) is 12.5. The molecule has 0 radical (unpaired) electrons. The highest BCUT2D eigenvalue weighted by Gasteiger charge is 2.29. The van der Waals surface area contributed by atoms with Crippen LogP contribution in [0.25, 0.3) is 0 Å². The van der Waals surface area contributed by atoms with E-state index < -0.39 is 0 Å². The first kappa shape index (κ1) is 37.4. The lowest BCUT2D eigenvalue weighted by Crippen LogP contribution is -2.46. The lowest BCUT2D eigenvalue weighted by atomic mass is 9.83. The molecule has 234 valence electrons. The normalized spacial score (nSPS) is 32.3. The van der Waals surface area contributed by atoms with Crippen molar-refractivity contribution in [2.45, 2.75) is 103 Å². The Morgan fingerprint density at radius 3 is 1.67 bits per heavy atom. The number of nitrogens with zero attached hydrogens (tertiary/aromatic N) is 2. The Morgan fingerprint density at radius 2 is 1.15 bits per heavy atom. The predicted molar refractivity (Wildman–Crippen MR) is 171 cm³/mol. The van der Waals surface area contributed by atoms with Crippen LogP contribution < -0.4 is 11.1 Å². The van der Waals surface area contributed by atoms with Gasteiger partial charge < -0.3 is 30.3 Å². The van der Waals surface area contributed by atoms with Gasteiger partial charge in [0.25, 0.3) is 0 Å². The molecular weight excluding hydrogens is 531 g/mol. The van der Waals surface area contributed by atoms with Crippen molar-refractivity contribution in [3.8, 4) is 0 Å². The number of hydrogen-bond donors (Lipinski definition) is 2. The minimum atomic E-state index is 0. The summed E-state index contributed by atoms with van der Waals surface area (Å²) in [5, 5.41) is 3.54. The van der Waals surface area contributed by atoms with E-state index in [4.69, 9.17) is 15.2 Å². The molecule has 0 unspecified atom stereocenters. The standard InChI is InChI=1S/C16H32N2O.C15H30N2O.2ClH/c1-3-19-13-14-7-6-10-18(11-14)12-15-8-4-5-9-16(15)17-2;1-2-18-12-13-6-5-9-17(10-13)11-14-7-3-4-8-15(14)16;;/h14-17H,3-13H2,1-2H3;13-15H,2-12,16H2,1H3;2*1H/t14-,15-,16+;13-,14-,15+;;/m11../s1. The molecular formula is C31H64Cl2N4O2. The Morgan fingerprint density at radius 1 is 0.667 bits per heavy atom. The van der Waals surface area contributed by atoms with Crippen LogP contribution in [0.3, 0.4) is 0 Å². The summed E-state index contributed by atoms with van der Waals surface area (Å²) in [7, 11) is 2.14. The predicted octanol–water partition coefficient (Wildman–Crippen LogP) is 5.61. The van der Waals surface area contributed by atoms with Crippen molar-refractivity contribution in [3.05, 3.63) is 0 Å². The molecule has 2 saturated carbocycles. The molecule has 2 saturated heterocycles. The number of halogens is 2. The third kappa shape index (κ3) is 13.9. The van der Waals surface area contributed by atoms with Gasteiger partial charge >= 0.3 is 0 Å². The highest BCUT2D eigenvalue weighted by atomic mass is 35.5. The van der Waals surface area contributed by atoms with E-state index in [1.165, 1.54) is 116 Å². The maximum Gasteiger partial charge on any atom is 0.0506 e. The Kier molecular flexibility index (Phi) is 21.0. The van der Waals surface area contributed by atoms with E-state index in [-0.39, 0.29) is 24.8 Å². The zero-order valence-electron chi connectivity index (χ0n) is 25.6. The molecule has 6 atom stereocenters.